The van der Waals surface area contributed by atoms with E-state index in [2.05, 4.69) is 16.0 Å². The number of hydrogen-bond acceptors (Lipinski definition) is 34. The van der Waals surface area contributed by atoms with Crippen LogP contribution in [0.2, 0.25) is 0 Å². The second kappa shape index (κ2) is 29.9. The number of carbonyl (C=O) groups excluding carboxylic acids is 3. The Hall–Kier alpha value is -2.83. The number of carbonyl (C=O) groups is 3. The molecule has 35 atom stereocenters. The fraction of sp³-hybridized carbons (Fsp3) is 0.938. The van der Waals surface area contributed by atoms with Gasteiger partial charge in [-0.15, -0.1) is 0 Å². The standard InChI is InChI=1S/C48H81N3O34/c1-11-24(59)31(66)34(69)45(74-11)81-37-19(9-55)80-44(23(51-15(5)58)39(37)83-48-41(33(68)27(62)17(7-53)79-48)85-46-35(70)32(67)25(60)12(2)75-46)84-40-28(63)18(8-54)78-47(36(40)71)82-38-22(50-14(4)57)42(72)76-20(29(38)64)10-73-43-21(49-13(3)56)30(65)26(61)16(6-52)77-43/h11-12,16-48,52-55,59-72H,6-10H2,1-5H3,(H,49,56)(H,50,57)(H,51,58)/t11-,12-,16+,17+,18+,19+,20+,21+,22-,23+,24+,25+,26+,27-,28-,29-,30+,31+,32+,33-,34-,35-,36+,37+,38+,39+,40-,41+,42?,43+,44-,45-,46-,47-,48-/m0/s1. The van der Waals surface area contributed by atoms with Gasteiger partial charge in [-0.2, -0.15) is 0 Å². The highest BCUT2D eigenvalue weighted by Gasteiger charge is 2.59. The zero-order chi connectivity index (χ0) is 62.8. The molecule has 37 heteroatoms. The molecule has 37 nitrogen and oxygen atoms in total. The first kappa shape index (κ1) is 69.6. The van der Waals surface area contributed by atoms with Gasteiger partial charge in [0.1, 0.15) is 159 Å². The summed E-state index contributed by atoms with van der Waals surface area (Å²) in [5, 5.41) is 204. The van der Waals surface area contributed by atoms with Crippen LogP contribution in [0.15, 0.2) is 0 Å². The number of amides is 3. The molecule has 7 saturated heterocycles. The van der Waals surface area contributed by atoms with Gasteiger partial charge in [0.15, 0.2) is 44.0 Å². The lowest BCUT2D eigenvalue weighted by molar-refractivity contribution is -0.399. The number of nitrogens with one attached hydrogen (secondary N) is 3. The summed E-state index contributed by atoms with van der Waals surface area (Å²) in [4.78, 5) is 37.9. The summed E-state index contributed by atoms with van der Waals surface area (Å²) >= 11 is 0. The van der Waals surface area contributed by atoms with Crippen molar-refractivity contribution in [3.05, 3.63) is 0 Å². The number of aliphatic hydroxyl groups excluding tert-OH is 18. The summed E-state index contributed by atoms with van der Waals surface area (Å²) in [5.41, 5.74) is 0. The van der Waals surface area contributed by atoms with Crippen LogP contribution in [0.5, 0.6) is 0 Å². The van der Waals surface area contributed by atoms with Crippen LogP contribution in [0.3, 0.4) is 0 Å². The zero-order valence-corrected chi connectivity index (χ0v) is 46.3. The van der Waals surface area contributed by atoms with Gasteiger partial charge in [0.2, 0.25) is 17.7 Å². The molecular weight excluding hydrogens is 1160 g/mol. The molecule has 0 aromatic heterocycles. The highest BCUT2D eigenvalue weighted by Crippen LogP contribution is 2.39. The largest absolute Gasteiger partial charge is 0.394 e. The molecule has 0 aromatic rings. The smallest absolute Gasteiger partial charge is 0.217 e. The molecule has 7 aliphatic rings. The summed E-state index contributed by atoms with van der Waals surface area (Å²) in [6.07, 6.45) is -60.9. The predicted molar refractivity (Wildman–Crippen MR) is 264 cm³/mol. The molecule has 7 fully saturated rings. The lowest BCUT2D eigenvalue weighted by Crippen LogP contribution is -2.72. The molecular formula is C48H81N3O34. The minimum absolute atomic E-state index is 0.712. The SMILES string of the molecule is CC(=O)N[C@H]1[C@H](OC[C@H]2OC(O)[C@@H](NC(C)=O)[C@@H](O[C@@H]3O[C@H](CO)[C@H](O)[C@H](O[C@@H]4O[C@H](CO)[C@@H](O[C@@H]5O[C@@H](C)[C@@H](O)[C@@H](O)[C@@H]5O)[C@H](O[C@@H]5O[C@H](CO)[C@H](O)[C@H](O)[C@H]5O[C@@H]5O[C@@H](C)[C@@H](O)[C@@H](O)[C@@H]5O)[C@H]4NC(C)=O)[C@H]3O)[C@H]2O)O[C@H](CO)[C@@H](O)[C@@H]1O. The Labute approximate surface area is 483 Å². The van der Waals surface area contributed by atoms with Crippen LogP contribution in [-0.4, -0.2) is 357 Å². The van der Waals surface area contributed by atoms with E-state index in [1.807, 2.05) is 0 Å². The average molecular weight is 1240 g/mol. The van der Waals surface area contributed by atoms with E-state index in [0.29, 0.717) is 0 Å². The Morgan fingerprint density at radius 3 is 1.26 bits per heavy atom. The summed E-state index contributed by atoms with van der Waals surface area (Å²) < 4.78 is 76.8. The van der Waals surface area contributed by atoms with Crippen molar-refractivity contribution in [2.75, 3.05) is 33.0 Å². The number of aliphatic hydroxyl groups is 18. The van der Waals surface area contributed by atoms with E-state index in [0.717, 1.165) is 20.8 Å². The summed E-state index contributed by atoms with van der Waals surface area (Å²) in [6.45, 7) is 0.739. The van der Waals surface area contributed by atoms with Crippen molar-refractivity contribution < 1.29 is 168 Å². The molecule has 0 aliphatic carbocycles. The van der Waals surface area contributed by atoms with Crippen LogP contribution in [0.25, 0.3) is 0 Å². The molecule has 0 radical (unpaired) electrons. The van der Waals surface area contributed by atoms with Crippen LogP contribution >= 0.6 is 0 Å². The van der Waals surface area contributed by atoms with Gasteiger partial charge in [-0.1, -0.05) is 0 Å². The van der Waals surface area contributed by atoms with Crippen molar-refractivity contribution in [1.82, 2.24) is 16.0 Å². The number of ether oxygens (including phenoxy) is 13. The first-order valence-electron chi connectivity index (χ1n) is 27.3. The zero-order valence-electron chi connectivity index (χ0n) is 46.3. The van der Waals surface area contributed by atoms with E-state index < -0.39 is 266 Å². The van der Waals surface area contributed by atoms with Crippen LogP contribution in [0.4, 0.5) is 0 Å². The molecule has 0 bridgehead atoms. The Bertz CT molecular complexity index is 2150. The minimum atomic E-state index is -2.34. The predicted octanol–water partition coefficient (Wildman–Crippen LogP) is -13.8. The topological polar surface area (TPSA) is 571 Å². The summed E-state index contributed by atoms with van der Waals surface area (Å²) in [5.74, 6) is -2.49. The van der Waals surface area contributed by atoms with Crippen molar-refractivity contribution in [3.8, 4) is 0 Å². The highest BCUT2D eigenvalue weighted by atomic mass is 16.8. The summed E-state index contributed by atoms with van der Waals surface area (Å²) in [6, 6.07) is -5.18. The Morgan fingerprint density at radius 2 is 0.729 bits per heavy atom. The lowest BCUT2D eigenvalue weighted by atomic mass is 9.93. The second-order valence-electron chi connectivity index (χ2n) is 21.8. The minimum Gasteiger partial charge on any atom is -0.394 e. The van der Waals surface area contributed by atoms with Gasteiger partial charge in [-0.3, -0.25) is 14.4 Å². The Morgan fingerprint density at radius 1 is 0.329 bits per heavy atom. The maximum Gasteiger partial charge on any atom is 0.217 e. The summed E-state index contributed by atoms with van der Waals surface area (Å²) in [7, 11) is 0. The van der Waals surface area contributed by atoms with Gasteiger partial charge in [-0.05, 0) is 13.8 Å². The molecule has 21 N–H and O–H groups in total. The molecule has 7 heterocycles. The third kappa shape index (κ3) is 15.3. The van der Waals surface area contributed by atoms with Crippen molar-refractivity contribution in [2.24, 2.45) is 0 Å². The maximum atomic E-state index is 13.3. The molecule has 492 valence electrons. The van der Waals surface area contributed by atoms with Gasteiger partial charge < -0.3 is 169 Å². The Balaban J connectivity index is 1.22. The third-order valence-corrected chi connectivity index (χ3v) is 15.7. The fourth-order valence-electron chi connectivity index (χ4n) is 11.0. The van der Waals surface area contributed by atoms with E-state index in [9.17, 15) is 106 Å². The van der Waals surface area contributed by atoms with E-state index in [1.54, 1.807) is 0 Å². The number of rotatable bonds is 20. The first-order valence-corrected chi connectivity index (χ1v) is 27.3. The maximum absolute atomic E-state index is 13.3. The van der Waals surface area contributed by atoms with Crippen LogP contribution in [0, 0.1) is 0 Å². The number of hydrogen-bond donors (Lipinski definition) is 21. The van der Waals surface area contributed by atoms with Crippen molar-refractivity contribution >= 4 is 17.7 Å². The highest BCUT2D eigenvalue weighted by molar-refractivity contribution is 5.74. The van der Waals surface area contributed by atoms with Gasteiger partial charge >= 0.3 is 0 Å². The first-order chi connectivity index (χ1) is 40.1. The van der Waals surface area contributed by atoms with E-state index in [4.69, 9.17) is 61.6 Å². The normalized spacial score (nSPS) is 49.8. The van der Waals surface area contributed by atoms with E-state index in [-0.39, 0.29) is 0 Å². The van der Waals surface area contributed by atoms with Gasteiger partial charge in [0, 0.05) is 20.8 Å². The van der Waals surface area contributed by atoms with Crippen LogP contribution < -0.4 is 16.0 Å². The molecule has 0 saturated carbocycles. The van der Waals surface area contributed by atoms with E-state index in [1.165, 1.54) is 13.8 Å². The Kier molecular flexibility index (Phi) is 24.5. The van der Waals surface area contributed by atoms with E-state index >= 15 is 0 Å². The molecule has 7 rings (SSSR count). The lowest BCUT2D eigenvalue weighted by Gasteiger charge is -2.52. The molecule has 7 aliphatic heterocycles. The molecule has 0 spiro atoms. The van der Waals surface area contributed by atoms with Crippen molar-refractivity contribution in [3.63, 3.8) is 0 Å². The van der Waals surface area contributed by atoms with Crippen molar-refractivity contribution in [2.45, 2.75) is 249 Å². The molecule has 3 amide bonds. The van der Waals surface area contributed by atoms with Crippen LogP contribution in [-0.2, 0) is 76.0 Å². The van der Waals surface area contributed by atoms with Gasteiger partial charge in [-0.25, -0.2) is 0 Å². The van der Waals surface area contributed by atoms with Gasteiger partial charge in [0.25, 0.3) is 0 Å². The second-order valence-corrected chi connectivity index (χ2v) is 21.8. The van der Waals surface area contributed by atoms with Gasteiger partial charge in [0.05, 0.1) is 45.2 Å². The van der Waals surface area contributed by atoms with Crippen LogP contribution in [0.1, 0.15) is 34.6 Å². The quantitative estimate of drug-likeness (QED) is 0.0538. The monoisotopic (exact) mass is 1240 g/mol. The molecule has 1 unspecified atom stereocenters. The van der Waals surface area contributed by atoms with Crippen molar-refractivity contribution in [1.29, 1.82) is 0 Å². The molecule has 85 heavy (non-hydrogen) atoms. The average Bonchev–Trinajstić information content (AvgIpc) is 2.15. The third-order valence-electron chi connectivity index (χ3n) is 15.7. The fourth-order valence-corrected chi connectivity index (χ4v) is 11.0. The molecule has 0 aromatic carbocycles.